The molecule has 17 heavy (non-hydrogen) atoms. The number of thiazole rings is 1. The van der Waals surface area contributed by atoms with E-state index in [1.165, 1.54) is 29.5 Å². The predicted molar refractivity (Wildman–Crippen MR) is 62.8 cm³/mol. The number of benzene rings is 1. The second-order valence-electron chi connectivity index (χ2n) is 3.30. The van der Waals surface area contributed by atoms with Gasteiger partial charge in [0.15, 0.2) is 0 Å². The molecule has 0 saturated heterocycles. The summed E-state index contributed by atoms with van der Waals surface area (Å²) < 4.78 is 13.5. The van der Waals surface area contributed by atoms with Crippen molar-refractivity contribution in [2.24, 2.45) is 0 Å². The van der Waals surface area contributed by atoms with E-state index in [0.717, 1.165) is 5.69 Å². The zero-order chi connectivity index (χ0) is 12.3. The Labute approximate surface area is 101 Å². The van der Waals surface area contributed by atoms with Gasteiger partial charge >= 0.3 is 5.97 Å². The first-order valence-electron chi connectivity index (χ1n) is 4.81. The van der Waals surface area contributed by atoms with Gasteiger partial charge in [-0.3, -0.25) is 0 Å². The minimum Gasteiger partial charge on any atom is -0.478 e. The van der Waals surface area contributed by atoms with Gasteiger partial charge in [-0.25, -0.2) is 14.2 Å². The molecule has 1 aromatic heterocycles. The smallest absolute Gasteiger partial charge is 0.337 e. The Morgan fingerprint density at radius 3 is 3.00 bits per heavy atom. The van der Waals surface area contributed by atoms with Crippen molar-refractivity contribution in [3.8, 4) is 0 Å². The van der Waals surface area contributed by atoms with E-state index >= 15 is 0 Å². The molecule has 0 aliphatic heterocycles. The normalized spacial score (nSPS) is 10.2. The van der Waals surface area contributed by atoms with E-state index in [4.69, 9.17) is 5.11 Å². The first-order chi connectivity index (χ1) is 8.18. The first-order valence-corrected chi connectivity index (χ1v) is 5.75. The molecule has 6 heteroatoms. The number of hydrogen-bond donors (Lipinski definition) is 2. The number of halogens is 1. The number of carboxylic acids is 1. The fourth-order valence-corrected chi connectivity index (χ4v) is 1.94. The molecule has 88 valence electrons. The maximum atomic E-state index is 13.5. The van der Waals surface area contributed by atoms with Crippen molar-refractivity contribution in [2.75, 3.05) is 5.32 Å². The van der Waals surface area contributed by atoms with E-state index in [-0.39, 0.29) is 11.3 Å². The summed E-state index contributed by atoms with van der Waals surface area (Å²) >= 11 is 1.43. The molecule has 2 N–H and O–H groups in total. The summed E-state index contributed by atoms with van der Waals surface area (Å²) in [5.74, 6) is -1.74. The third-order valence-corrected chi connectivity index (χ3v) is 2.81. The van der Waals surface area contributed by atoms with Crippen LogP contribution in [0.1, 0.15) is 16.1 Å². The van der Waals surface area contributed by atoms with Crippen LogP contribution in [0.25, 0.3) is 0 Å². The quantitative estimate of drug-likeness (QED) is 0.878. The van der Waals surface area contributed by atoms with Gasteiger partial charge < -0.3 is 10.4 Å². The zero-order valence-electron chi connectivity index (χ0n) is 8.68. The highest BCUT2D eigenvalue weighted by atomic mass is 32.1. The molecule has 0 fully saturated rings. The largest absolute Gasteiger partial charge is 0.478 e. The van der Waals surface area contributed by atoms with Gasteiger partial charge in [-0.05, 0) is 12.1 Å². The van der Waals surface area contributed by atoms with E-state index in [1.54, 1.807) is 5.51 Å². The molecule has 2 rings (SSSR count). The lowest BCUT2D eigenvalue weighted by Gasteiger charge is -2.09. The van der Waals surface area contributed by atoms with Gasteiger partial charge in [-0.15, -0.1) is 11.3 Å². The van der Waals surface area contributed by atoms with Gasteiger partial charge in [0.05, 0.1) is 29.0 Å². The lowest BCUT2D eigenvalue weighted by molar-refractivity contribution is 0.0697. The summed E-state index contributed by atoms with van der Waals surface area (Å²) in [5, 5.41) is 13.5. The van der Waals surface area contributed by atoms with Crippen molar-refractivity contribution >= 4 is 23.0 Å². The third-order valence-electron chi connectivity index (χ3n) is 2.17. The third kappa shape index (κ3) is 2.59. The van der Waals surface area contributed by atoms with E-state index in [2.05, 4.69) is 10.3 Å². The molecule has 0 saturated carbocycles. The maximum Gasteiger partial charge on any atom is 0.337 e. The van der Waals surface area contributed by atoms with Crippen LogP contribution in [0, 0.1) is 5.82 Å². The number of carboxylic acid groups (broad SMARTS) is 1. The average molecular weight is 252 g/mol. The lowest BCUT2D eigenvalue weighted by Crippen LogP contribution is -2.08. The molecular formula is C11H9FN2O2S. The Morgan fingerprint density at radius 2 is 2.35 bits per heavy atom. The minimum atomic E-state index is -1.16. The molecule has 0 amide bonds. The number of nitrogens with zero attached hydrogens (tertiary/aromatic N) is 1. The van der Waals surface area contributed by atoms with Crippen molar-refractivity contribution in [3.05, 3.63) is 46.2 Å². The molecular weight excluding hydrogens is 243 g/mol. The maximum absolute atomic E-state index is 13.5. The summed E-state index contributed by atoms with van der Waals surface area (Å²) in [6, 6.07) is 3.94. The molecule has 1 heterocycles. The molecule has 0 atom stereocenters. The van der Waals surface area contributed by atoms with Crippen molar-refractivity contribution in [3.63, 3.8) is 0 Å². The lowest BCUT2D eigenvalue weighted by atomic mass is 10.1. The summed E-state index contributed by atoms with van der Waals surface area (Å²) in [5.41, 5.74) is 2.32. The van der Waals surface area contributed by atoms with Crippen LogP contribution in [0.4, 0.5) is 10.1 Å². The predicted octanol–water partition coefficient (Wildman–Crippen LogP) is 2.59. The highest BCUT2D eigenvalue weighted by molar-refractivity contribution is 7.07. The summed E-state index contributed by atoms with van der Waals surface area (Å²) in [6.45, 7) is 0.296. The van der Waals surface area contributed by atoms with Gasteiger partial charge in [0.25, 0.3) is 0 Å². The van der Waals surface area contributed by atoms with Crippen LogP contribution >= 0.6 is 11.3 Å². The van der Waals surface area contributed by atoms with Crippen molar-refractivity contribution in [2.45, 2.75) is 6.54 Å². The van der Waals surface area contributed by atoms with Crippen LogP contribution in [-0.2, 0) is 6.54 Å². The average Bonchev–Trinajstić information content (AvgIpc) is 2.80. The number of carbonyl (C=O) groups is 1. The molecule has 0 radical (unpaired) electrons. The van der Waals surface area contributed by atoms with Crippen LogP contribution in [0.3, 0.4) is 0 Å². The Bertz CT molecular complexity index is 528. The molecule has 0 spiro atoms. The molecule has 0 aliphatic carbocycles. The number of hydrogen-bond acceptors (Lipinski definition) is 4. The summed E-state index contributed by atoms with van der Waals surface area (Å²) in [4.78, 5) is 14.9. The number of nitrogens with one attached hydrogen (secondary N) is 1. The topological polar surface area (TPSA) is 62.2 Å². The Kier molecular flexibility index (Phi) is 3.34. The van der Waals surface area contributed by atoms with Gasteiger partial charge in [0, 0.05) is 5.38 Å². The van der Waals surface area contributed by atoms with Crippen LogP contribution in [0.15, 0.2) is 29.1 Å². The van der Waals surface area contributed by atoms with Crippen molar-refractivity contribution in [1.82, 2.24) is 4.98 Å². The molecule has 1 aromatic carbocycles. The summed E-state index contributed by atoms with van der Waals surface area (Å²) in [6.07, 6.45) is 0. The fraction of sp³-hybridized carbons (Fsp3) is 0.0909. The zero-order valence-corrected chi connectivity index (χ0v) is 9.50. The van der Waals surface area contributed by atoms with Crippen LogP contribution in [-0.4, -0.2) is 16.1 Å². The minimum absolute atomic E-state index is 0.00648. The standard InChI is InChI=1S/C11H9FN2O2S/c12-9-3-1-2-8(11(15)16)10(9)13-4-7-5-17-6-14-7/h1-3,5-6,13H,4H2,(H,15,16). The molecule has 0 aliphatic rings. The van der Waals surface area contributed by atoms with E-state index in [1.807, 2.05) is 5.38 Å². The first kappa shape index (κ1) is 11.5. The van der Waals surface area contributed by atoms with Crippen LogP contribution < -0.4 is 5.32 Å². The fourth-order valence-electron chi connectivity index (χ4n) is 1.39. The number of aromatic nitrogens is 1. The van der Waals surface area contributed by atoms with E-state index in [0.29, 0.717) is 6.54 Å². The second kappa shape index (κ2) is 4.92. The van der Waals surface area contributed by atoms with Gasteiger partial charge in [0.2, 0.25) is 0 Å². The Morgan fingerprint density at radius 1 is 1.53 bits per heavy atom. The SMILES string of the molecule is O=C(O)c1cccc(F)c1NCc1cscn1. The van der Waals surface area contributed by atoms with E-state index < -0.39 is 11.8 Å². The molecule has 0 unspecified atom stereocenters. The van der Waals surface area contributed by atoms with Crippen molar-refractivity contribution in [1.29, 1.82) is 0 Å². The number of aromatic carboxylic acids is 1. The van der Waals surface area contributed by atoms with E-state index in [9.17, 15) is 9.18 Å². The van der Waals surface area contributed by atoms with Crippen LogP contribution in [0.5, 0.6) is 0 Å². The number of rotatable bonds is 4. The molecule has 2 aromatic rings. The highest BCUT2D eigenvalue weighted by Gasteiger charge is 2.13. The highest BCUT2D eigenvalue weighted by Crippen LogP contribution is 2.20. The Hall–Kier alpha value is -1.95. The van der Waals surface area contributed by atoms with Crippen LogP contribution in [0.2, 0.25) is 0 Å². The van der Waals surface area contributed by atoms with Gasteiger partial charge in [-0.1, -0.05) is 6.07 Å². The second-order valence-corrected chi connectivity index (χ2v) is 4.02. The number of anilines is 1. The van der Waals surface area contributed by atoms with Gasteiger partial charge in [0.1, 0.15) is 5.82 Å². The van der Waals surface area contributed by atoms with Gasteiger partial charge in [-0.2, -0.15) is 0 Å². The van der Waals surface area contributed by atoms with Crippen molar-refractivity contribution < 1.29 is 14.3 Å². The summed E-state index contributed by atoms with van der Waals surface area (Å²) in [7, 11) is 0. The monoisotopic (exact) mass is 252 g/mol. The molecule has 0 bridgehead atoms. The molecule has 4 nitrogen and oxygen atoms in total. The Balaban J connectivity index is 2.22. The number of para-hydroxylation sites is 1.